The molecule has 2 heterocycles. The Balaban J connectivity index is 1.84. The molecule has 1 aliphatic rings. The van der Waals surface area contributed by atoms with E-state index in [-0.39, 0.29) is 27.9 Å². The van der Waals surface area contributed by atoms with Crippen molar-refractivity contribution in [3.63, 3.8) is 0 Å². The number of rotatable bonds is 8. The number of aliphatic hydroxyl groups excluding tert-OH is 1. The van der Waals surface area contributed by atoms with Crippen LogP contribution in [0.15, 0.2) is 71.2 Å². The second-order valence-electron chi connectivity index (χ2n) is 7.98. The number of esters is 1. The quantitative estimate of drug-likeness (QED) is 0.121. The van der Waals surface area contributed by atoms with Crippen molar-refractivity contribution in [3.05, 3.63) is 92.9 Å². The van der Waals surface area contributed by atoms with Crippen LogP contribution in [-0.2, 0) is 14.3 Å². The largest absolute Gasteiger partial charge is 0.507 e. The average molecular weight is 583 g/mol. The van der Waals surface area contributed by atoms with Crippen LogP contribution in [0, 0.1) is 6.92 Å². The van der Waals surface area contributed by atoms with Crippen molar-refractivity contribution in [1.82, 2.24) is 4.98 Å². The molecule has 37 heavy (non-hydrogen) atoms. The minimum Gasteiger partial charge on any atom is -0.507 e. The van der Waals surface area contributed by atoms with E-state index in [1.165, 1.54) is 4.90 Å². The fourth-order valence-electron chi connectivity index (χ4n) is 3.88. The topological polar surface area (TPSA) is 106 Å². The van der Waals surface area contributed by atoms with Crippen molar-refractivity contribution >= 4 is 55.8 Å². The first-order chi connectivity index (χ1) is 17.8. The molecule has 0 bridgehead atoms. The number of carbonyl (C=O) groups excluding carboxylic acids is 3. The molecule has 1 N–H and O–H groups in total. The fourth-order valence-corrected chi connectivity index (χ4v) is 5.13. The maximum atomic E-state index is 13.3. The van der Waals surface area contributed by atoms with Crippen molar-refractivity contribution in [3.8, 4) is 5.75 Å². The Morgan fingerprint density at radius 2 is 1.86 bits per heavy atom. The summed E-state index contributed by atoms with van der Waals surface area (Å²) in [5.41, 5.74) is 1.22. The number of Topliss-reactive ketones (excluding diaryl/α,β-unsaturated/α-hetero) is 1. The van der Waals surface area contributed by atoms with E-state index in [0.29, 0.717) is 29.2 Å². The molecule has 8 nitrogen and oxygen atoms in total. The van der Waals surface area contributed by atoms with Gasteiger partial charge in [0.1, 0.15) is 23.0 Å². The van der Waals surface area contributed by atoms with E-state index in [9.17, 15) is 19.5 Å². The van der Waals surface area contributed by atoms with Crippen LogP contribution in [0.3, 0.4) is 0 Å². The SMILES string of the molecule is C=CCOc1ccc(/C(O)=C2\C(=O)C(=O)N(c3nc(C)c(C(=O)OCC)s3)C2c2ccc(Br)cc2)cc1. The minimum atomic E-state index is -0.967. The third kappa shape index (κ3) is 5.21. The van der Waals surface area contributed by atoms with Gasteiger partial charge in [0, 0.05) is 10.0 Å². The van der Waals surface area contributed by atoms with Gasteiger partial charge in [-0.25, -0.2) is 9.78 Å². The first-order valence-corrected chi connectivity index (χ1v) is 12.9. The second-order valence-corrected chi connectivity index (χ2v) is 9.87. The highest BCUT2D eigenvalue weighted by Gasteiger charge is 2.48. The van der Waals surface area contributed by atoms with Crippen molar-refractivity contribution in [2.24, 2.45) is 0 Å². The molecule has 3 aromatic rings. The van der Waals surface area contributed by atoms with E-state index in [4.69, 9.17) is 9.47 Å². The molecule has 2 aromatic carbocycles. The summed E-state index contributed by atoms with van der Waals surface area (Å²) < 4.78 is 11.4. The number of aliphatic hydroxyl groups is 1. The monoisotopic (exact) mass is 582 g/mol. The highest BCUT2D eigenvalue weighted by atomic mass is 79.9. The van der Waals surface area contributed by atoms with Gasteiger partial charge in [-0.3, -0.25) is 14.5 Å². The molecule has 1 aromatic heterocycles. The molecule has 1 unspecified atom stereocenters. The number of ketones is 1. The van der Waals surface area contributed by atoms with Gasteiger partial charge in [-0.15, -0.1) is 0 Å². The van der Waals surface area contributed by atoms with Gasteiger partial charge in [0.2, 0.25) is 0 Å². The zero-order valence-corrected chi connectivity index (χ0v) is 22.5. The zero-order valence-electron chi connectivity index (χ0n) is 20.1. The molecule has 0 spiro atoms. The lowest BCUT2D eigenvalue weighted by Crippen LogP contribution is -2.29. The van der Waals surface area contributed by atoms with Gasteiger partial charge in [-0.05, 0) is 55.8 Å². The molecule has 1 saturated heterocycles. The number of aromatic nitrogens is 1. The molecule has 1 atom stereocenters. The number of amides is 1. The van der Waals surface area contributed by atoms with Crippen molar-refractivity contribution in [1.29, 1.82) is 0 Å². The van der Waals surface area contributed by atoms with Gasteiger partial charge < -0.3 is 14.6 Å². The Morgan fingerprint density at radius 1 is 1.19 bits per heavy atom. The normalized spacial score (nSPS) is 16.6. The van der Waals surface area contributed by atoms with Gasteiger partial charge in [0.15, 0.2) is 5.13 Å². The highest BCUT2D eigenvalue weighted by Crippen LogP contribution is 2.44. The Labute approximate surface area is 226 Å². The van der Waals surface area contributed by atoms with Crippen molar-refractivity contribution < 1.29 is 29.0 Å². The number of aryl methyl sites for hydroxylation is 1. The van der Waals surface area contributed by atoms with Crippen LogP contribution in [0.4, 0.5) is 5.13 Å². The van der Waals surface area contributed by atoms with Crippen LogP contribution < -0.4 is 9.64 Å². The van der Waals surface area contributed by atoms with E-state index in [1.54, 1.807) is 68.5 Å². The summed E-state index contributed by atoms with van der Waals surface area (Å²) in [6.45, 7) is 7.44. The number of benzene rings is 2. The minimum absolute atomic E-state index is 0.0855. The standard InChI is InChI=1S/C27H23BrN2O6S/c1-4-14-36-19-12-8-17(9-13-19)22(31)20-21(16-6-10-18(28)11-7-16)30(25(33)23(20)32)27-29-15(3)24(37-27)26(34)35-5-2/h4,6-13,21,31H,1,5,14H2,2-3H3/b22-20+. The van der Waals surface area contributed by atoms with Crippen LogP contribution in [0.2, 0.25) is 0 Å². The summed E-state index contributed by atoms with van der Waals surface area (Å²) in [6.07, 6.45) is 1.61. The Bertz CT molecular complexity index is 1400. The summed E-state index contributed by atoms with van der Waals surface area (Å²) in [4.78, 5) is 44.9. The van der Waals surface area contributed by atoms with Crippen LogP contribution in [0.5, 0.6) is 5.75 Å². The first kappa shape index (κ1) is 26.3. The Hall–Kier alpha value is -3.76. The van der Waals surface area contributed by atoms with Crippen LogP contribution in [0.1, 0.15) is 39.5 Å². The summed E-state index contributed by atoms with van der Waals surface area (Å²) in [6, 6.07) is 12.6. The molecular formula is C27H23BrN2O6S. The van der Waals surface area contributed by atoms with Gasteiger partial charge in [-0.1, -0.05) is 52.1 Å². The molecule has 0 saturated carbocycles. The maximum Gasteiger partial charge on any atom is 0.350 e. The number of ether oxygens (including phenoxy) is 2. The molecular weight excluding hydrogens is 560 g/mol. The number of hydrogen-bond donors (Lipinski definition) is 1. The van der Waals surface area contributed by atoms with Gasteiger partial charge in [0.05, 0.1) is 23.9 Å². The lowest BCUT2D eigenvalue weighted by Gasteiger charge is -2.23. The lowest BCUT2D eigenvalue weighted by molar-refractivity contribution is -0.132. The molecule has 1 amide bonds. The van der Waals surface area contributed by atoms with Gasteiger partial charge >= 0.3 is 11.9 Å². The summed E-state index contributed by atoms with van der Waals surface area (Å²) >= 11 is 4.36. The van der Waals surface area contributed by atoms with Crippen molar-refractivity contribution in [2.45, 2.75) is 19.9 Å². The Kier molecular flexibility index (Phi) is 7.89. The molecule has 1 fully saturated rings. The van der Waals surface area contributed by atoms with E-state index in [2.05, 4.69) is 27.5 Å². The predicted octanol–water partition coefficient (Wildman–Crippen LogP) is 5.58. The molecule has 4 rings (SSSR count). The molecule has 0 aliphatic carbocycles. The van der Waals surface area contributed by atoms with Crippen LogP contribution in [0.25, 0.3) is 5.76 Å². The molecule has 1 aliphatic heterocycles. The molecule has 10 heteroatoms. The van der Waals surface area contributed by atoms with Gasteiger partial charge in [0.25, 0.3) is 5.78 Å². The zero-order chi connectivity index (χ0) is 26.7. The van der Waals surface area contributed by atoms with E-state index in [0.717, 1.165) is 15.8 Å². The van der Waals surface area contributed by atoms with E-state index < -0.39 is 23.7 Å². The lowest BCUT2D eigenvalue weighted by atomic mass is 9.95. The first-order valence-electron chi connectivity index (χ1n) is 11.3. The number of thiazole rings is 1. The third-order valence-electron chi connectivity index (χ3n) is 5.58. The molecule has 190 valence electrons. The van der Waals surface area contributed by atoms with E-state index >= 15 is 0 Å². The Morgan fingerprint density at radius 3 is 2.49 bits per heavy atom. The van der Waals surface area contributed by atoms with Crippen LogP contribution in [-0.4, -0.2) is 41.0 Å². The average Bonchev–Trinajstić information content (AvgIpc) is 3.40. The summed E-state index contributed by atoms with van der Waals surface area (Å²) in [5, 5.41) is 11.4. The number of carbonyl (C=O) groups is 3. The summed E-state index contributed by atoms with van der Waals surface area (Å²) in [5.74, 6) is -2.04. The highest BCUT2D eigenvalue weighted by molar-refractivity contribution is 9.10. The predicted molar refractivity (Wildman–Crippen MR) is 144 cm³/mol. The second kappa shape index (κ2) is 11.1. The fraction of sp³-hybridized carbons (Fsp3) is 0.185. The number of anilines is 1. The smallest absolute Gasteiger partial charge is 0.350 e. The third-order valence-corrected chi connectivity index (χ3v) is 7.24. The van der Waals surface area contributed by atoms with Crippen molar-refractivity contribution in [2.75, 3.05) is 18.1 Å². The number of halogens is 1. The molecule has 0 radical (unpaired) electrons. The number of hydrogen-bond acceptors (Lipinski definition) is 8. The van der Waals surface area contributed by atoms with Gasteiger partial charge in [-0.2, -0.15) is 0 Å². The summed E-state index contributed by atoms with van der Waals surface area (Å²) in [7, 11) is 0. The number of nitrogens with zero attached hydrogens (tertiary/aromatic N) is 2. The van der Waals surface area contributed by atoms with E-state index in [1.807, 2.05) is 0 Å². The maximum absolute atomic E-state index is 13.3. The van der Waals surface area contributed by atoms with Crippen LogP contribution >= 0.6 is 27.3 Å².